The third-order valence-electron chi connectivity index (χ3n) is 5.57. The third kappa shape index (κ3) is 3.84. The van der Waals surface area contributed by atoms with Crippen LogP contribution in [0.1, 0.15) is 18.0 Å². The van der Waals surface area contributed by atoms with Crippen molar-refractivity contribution < 1.29 is 36.4 Å². The number of pyridine rings is 1. The molecule has 2 bridgehead atoms. The van der Waals surface area contributed by atoms with Crippen molar-refractivity contribution in [3.05, 3.63) is 30.1 Å². The van der Waals surface area contributed by atoms with E-state index in [-0.39, 0.29) is 32.8 Å². The first-order chi connectivity index (χ1) is 14.2. The fraction of sp³-hybridized carbons (Fsp3) is 0.562. The van der Waals surface area contributed by atoms with Crippen LogP contribution in [0.2, 0.25) is 0 Å². The van der Waals surface area contributed by atoms with Crippen LogP contribution >= 0.6 is 0 Å². The number of hydrogen-bond acceptors (Lipinski definition) is 9. The maximum absolute atomic E-state index is 12.7. The predicted molar refractivity (Wildman–Crippen MR) is 97.3 cm³/mol. The minimum Gasteiger partial charge on any atom is -0.380 e. The minimum absolute atomic E-state index is 0.0209. The Labute approximate surface area is 171 Å². The number of piperidine rings is 1. The number of carbonyl (C=O) groups is 2. The molecule has 3 fully saturated rings. The van der Waals surface area contributed by atoms with Crippen molar-refractivity contribution in [1.82, 2.24) is 20.4 Å². The number of urea groups is 1. The summed E-state index contributed by atoms with van der Waals surface area (Å²) in [6, 6.07) is 0.539. The molecule has 13 nitrogen and oxygen atoms in total. The van der Waals surface area contributed by atoms with Gasteiger partial charge in [0.2, 0.25) is 0 Å². The zero-order valence-electron chi connectivity index (χ0n) is 15.7. The second-order valence-electron chi connectivity index (χ2n) is 7.52. The van der Waals surface area contributed by atoms with E-state index in [1.807, 2.05) is 0 Å². The fourth-order valence-electron chi connectivity index (χ4n) is 3.99. The molecule has 30 heavy (non-hydrogen) atoms. The Bertz CT molecular complexity index is 925. The average Bonchev–Trinajstić information content (AvgIpc) is 2.93. The summed E-state index contributed by atoms with van der Waals surface area (Å²) in [5, 5.41) is 0.601. The van der Waals surface area contributed by atoms with E-state index in [0.29, 0.717) is 5.06 Å². The van der Waals surface area contributed by atoms with Gasteiger partial charge in [-0.3, -0.25) is 19.2 Å². The number of nitrogens with one attached hydrogen (secondary N) is 1. The normalized spacial score (nSPS) is 25.9. The largest absolute Gasteiger partial charge is 0.418 e. The van der Waals surface area contributed by atoms with Gasteiger partial charge in [-0.25, -0.2) is 10.3 Å². The number of hydroxylamine groups is 3. The topological polar surface area (TPSA) is 174 Å². The lowest BCUT2D eigenvalue weighted by molar-refractivity contribution is -0.194. The Morgan fingerprint density at radius 3 is 2.87 bits per heavy atom. The monoisotopic (exact) mass is 443 g/mol. The molecule has 0 aliphatic carbocycles. The molecule has 0 radical (unpaired) electrons. The molecule has 164 valence electrons. The van der Waals surface area contributed by atoms with Crippen LogP contribution in [0.15, 0.2) is 24.5 Å². The van der Waals surface area contributed by atoms with Crippen LogP contribution in [0.25, 0.3) is 0 Å². The van der Waals surface area contributed by atoms with E-state index in [4.69, 9.17) is 19.9 Å². The second-order valence-corrected chi connectivity index (χ2v) is 8.53. The summed E-state index contributed by atoms with van der Waals surface area (Å²) in [6.07, 6.45) is 3.42. The molecule has 4 rings (SSSR count). The van der Waals surface area contributed by atoms with Crippen LogP contribution < -0.4 is 11.2 Å². The molecule has 4 N–H and O–H groups in total. The molecule has 1 spiro atoms. The minimum atomic E-state index is -4.91. The van der Waals surface area contributed by atoms with Gasteiger partial charge in [0.1, 0.15) is 6.04 Å². The van der Waals surface area contributed by atoms with Gasteiger partial charge in [0, 0.05) is 24.4 Å². The highest BCUT2D eigenvalue weighted by molar-refractivity contribution is 7.80. The number of nitrogens with zero attached hydrogens (tertiary/aromatic N) is 3. The van der Waals surface area contributed by atoms with Gasteiger partial charge in [-0.05, 0) is 18.1 Å². The van der Waals surface area contributed by atoms with E-state index in [1.165, 1.54) is 4.90 Å². The molecule has 0 saturated carbocycles. The molecule has 3 atom stereocenters. The van der Waals surface area contributed by atoms with Crippen molar-refractivity contribution >= 4 is 22.3 Å². The molecule has 14 heteroatoms. The summed E-state index contributed by atoms with van der Waals surface area (Å²) in [5.41, 5.74) is 8.36. The summed E-state index contributed by atoms with van der Waals surface area (Å²) in [7, 11) is -4.91. The van der Waals surface area contributed by atoms with Gasteiger partial charge in [0.25, 0.3) is 5.91 Å². The Hall–Kier alpha value is -2.36. The molecule has 3 saturated heterocycles. The SMILES string of the molecule is NC(CONC(=O)C1CC2(COC2)C2CN1C(=O)N2OS(=O)(=O)O)c1cccnc1. The number of hydrogen-bond donors (Lipinski definition) is 3. The van der Waals surface area contributed by atoms with E-state index in [2.05, 4.69) is 14.7 Å². The number of amides is 3. The van der Waals surface area contributed by atoms with E-state index < -0.39 is 45.9 Å². The molecular weight excluding hydrogens is 422 g/mol. The number of ether oxygens (including phenoxy) is 1. The van der Waals surface area contributed by atoms with Crippen LogP contribution in [-0.4, -0.2) is 78.3 Å². The van der Waals surface area contributed by atoms with Gasteiger partial charge in [-0.2, -0.15) is 13.5 Å². The van der Waals surface area contributed by atoms with Gasteiger partial charge in [-0.1, -0.05) is 6.07 Å². The summed E-state index contributed by atoms with van der Waals surface area (Å²) in [4.78, 5) is 35.7. The predicted octanol–water partition coefficient (Wildman–Crippen LogP) is -1.24. The Balaban J connectivity index is 1.42. The molecule has 3 aliphatic rings. The molecule has 0 aromatic carbocycles. The maximum atomic E-state index is 12.7. The lowest BCUT2D eigenvalue weighted by atomic mass is 9.71. The molecule has 4 heterocycles. The number of fused-ring (bicyclic) bond motifs is 3. The smallest absolute Gasteiger partial charge is 0.380 e. The van der Waals surface area contributed by atoms with Gasteiger partial charge < -0.3 is 15.4 Å². The van der Waals surface area contributed by atoms with Crippen molar-refractivity contribution in [2.75, 3.05) is 26.4 Å². The highest BCUT2D eigenvalue weighted by Crippen LogP contribution is 2.47. The zero-order valence-corrected chi connectivity index (χ0v) is 16.5. The fourth-order valence-corrected chi connectivity index (χ4v) is 4.36. The highest BCUT2D eigenvalue weighted by Gasteiger charge is 2.63. The van der Waals surface area contributed by atoms with Crippen LogP contribution in [-0.2, 0) is 29.1 Å². The quantitative estimate of drug-likeness (QED) is 0.341. The summed E-state index contributed by atoms with van der Waals surface area (Å²) in [6.45, 7) is 0.471. The van der Waals surface area contributed by atoms with E-state index >= 15 is 0 Å². The van der Waals surface area contributed by atoms with Crippen molar-refractivity contribution in [2.45, 2.75) is 24.5 Å². The summed E-state index contributed by atoms with van der Waals surface area (Å²) < 4.78 is 41.0. The molecule has 1 aromatic heterocycles. The Morgan fingerprint density at radius 2 is 2.27 bits per heavy atom. The standard InChI is InChI=1S/C16H21N5O8S/c17-11(10-2-1-3-18-5-10)7-28-19-14(22)12-4-16(8-27-9-16)13-6-20(12)15(23)21(13)29-30(24,25)26/h1-3,5,11-13H,4,6-9,17H2,(H,19,22)(H,24,25,26). The Kier molecular flexibility index (Phi) is 5.37. The number of carbonyl (C=O) groups excluding carboxylic acids is 2. The maximum Gasteiger partial charge on any atom is 0.418 e. The molecule has 1 aromatic rings. The van der Waals surface area contributed by atoms with Gasteiger partial charge >= 0.3 is 16.4 Å². The van der Waals surface area contributed by atoms with Crippen LogP contribution in [0.3, 0.4) is 0 Å². The van der Waals surface area contributed by atoms with Gasteiger partial charge in [0.15, 0.2) is 0 Å². The third-order valence-corrected chi connectivity index (χ3v) is 5.92. The van der Waals surface area contributed by atoms with Crippen LogP contribution in [0.5, 0.6) is 0 Å². The Morgan fingerprint density at radius 1 is 1.50 bits per heavy atom. The lowest BCUT2D eigenvalue weighted by Gasteiger charge is -2.50. The number of rotatable bonds is 7. The first-order valence-corrected chi connectivity index (χ1v) is 10.5. The molecule has 3 unspecified atom stereocenters. The highest BCUT2D eigenvalue weighted by atomic mass is 32.3. The zero-order chi connectivity index (χ0) is 21.5. The average molecular weight is 443 g/mol. The summed E-state index contributed by atoms with van der Waals surface area (Å²) >= 11 is 0. The van der Waals surface area contributed by atoms with Gasteiger partial charge in [0.05, 0.1) is 31.9 Å². The first-order valence-electron chi connectivity index (χ1n) is 9.12. The van der Waals surface area contributed by atoms with E-state index in [0.717, 1.165) is 5.56 Å². The van der Waals surface area contributed by atoms with Crippen molar-refractivity contribution in [1.29, 1.82) is 0 Å². The molecular formula is C16H21N5O8S. The van der Waals surface area contributed by atoms with E-state index in [9.17, 15) is 18.0 Å². The van der Waals surface area contributed by atoms with Gasteiger partial charge in [-0.15, -0.1) is 4.28 Å². The number of nitrogens with two attached hydrogens (primary N) is 1. The number of aromatic nitrogens is 1. The molecule has 3 aliphatic heterocycles. The van der Waals surface area contributed by atoms with E-state index in [1.54, 1.807) is 24.5 Å². The lowest BCUT2D eigenvalue weighted by Crippen LogP contribution is -2.63. The first kappa shape index (κ1) is 20.9. The van der Waals surface area contributed by atoms with Crippen LogP contribution in [0, 0.1) is 5.41 Å². The second kappa shape index (κ2) is 7.72. The summed E-state index contributed by atoms with van der Waals surface area (Å²) in [5.74, 6) is -0.583. The molecule has 3 amide bonds. The van der Waals surface area contributed by atoms with Crippen molar-refractivity contribution in [3.63, 3.8) is 0 Å². The van der Waals surface area contributed by atoms with Crippen molar-refractivity contribution in [3.8, 4) is 0 Å². The van der Waals surface area contributed by atoms with Crippen LogP contribution in [0.4, 0.5) is 4.79 Å². The van der Waals surface area contributed by atoms with Crippen molar-refractivity contribution in [2.24, 2.45) is 11.1 Å².